The Morgan fingerprint density at radius 1 is 1.00 bits per heavy atom. The highest BCUT2D eigenvalue weighted by Crippen LogP contribution is 2.55. The molecule has 1 aromatic carbocycles. The van der Waals surface area contributed by atoms with Gasteiger partial charge in [0.05, 0.1) is 0 Å². The zero-order chi connectivity index (χ0) is 22.7. The normalized spacial score (nSPS) is 28.7. The first-order valence-electron chi connectivity index (χ1n) is 11.7. The number of aromatic hydroxyl groups is 1. The Morgan fingerprint density at radius 3 is 2.16 bits per heavy atom. The van der Waals surface area contributed by atoms with E-state index in [1.165, 1.54) is 31.4 Å². The molecule has 0 spiro atoms. The van der Waals surface area contributed by atoms with Gasteiger partial charge >= 0.3 is 12.0 Å². The summed E-state index contributed by atoms with van der Waals surface area (Å²) in [5.41, 5.74) is 0.664. The number of nitrogens with one attached hydrogen (secondary N) is 3. The van der Waals surface area contributed by atoms with Crippen LogP contribution in [0.15, 0.2) is 24.3 Å². The molecule has 0 heterocycles. The molecular weight excluding hydrogens is 410 g/mol. The molecule has 5 rings (SSSR count). The van der Waals surface area contributed by atoms with Gasteiger partial charge < -0.3 is 26.2 Å². The van der Waals surface area contributed by atoms with E-state index in [0.717, 1.165) is 37.0 Å². The van der Waals surface area contributed by atoms with Crippen molar-refractivity contribution in [2.24, 2.45) is 17.8 Å². The molecule has 0 saturated heterocycles. The fraction of sp³-hybridized carbons (Fsp3) is 0.625. The van der Waals surface area contributed by atoms with Crippen molar-refractivity contribution >= 4 is 17.9 Å². The molecule has 4 bridgehead atoms. The second-order valence-electron chi connectivity index (χ2n) is 10.0. The minimum absolute atomic E-state index is 0.0425. The summed E-state index contributed by atoms with van der Waals surface area (Å²) in [6.07, 6.45) is 7.94. The second-order valence-corrected chi connectivity index (χ2v) is 10.0. The molecule has 1 atom stereocenters. The van der Waals surface area contributed by atoms with E-state index >= 15 is 0 Å². The Balaban J connectivity index is 1.16. The average Bonchev–Trinajstić information content (AvgIpc) is 2.71. The third kappa shape index (κ3) is 5.53. The molecule has 5 N–H and O–H groups in total. The number of aliphatic carboxylic acids is 1. The van der Waals surface area contributed by atoms with Crippen molar-refractivity contribution in [2.45, 2.75) is 69.4 Å². The van der Waals surface area contributed by atoms with Crippen LogP contribution in [0.5, 0.6) is 5.75 Å². The topological polar surface area (TPSA) is 128 Å². The highest BCUT2D eigenvalue weighted by atomic mass is 16.4. The number of phenolic OH excluding ortho intramolecular Hbond substituents is 1. The molecule has 0 aliphatic heterocycles. The van der Waals surface area contributed by atoms with Gasteiger partial charge in [0.15, 0.2) is 0 Å². The summed E-state index contributed by atoms with van der Waals surface area (Å²) in [6, 6.07) is 5.02. The smallest absolute Gasteiger partial charge is 0.326 e. The maximum Gasteiger partial charge on any atom is 0.326 e. The van der Waals surface area contributed by atoms with Crippen LogP contribution in [-0.2, 0) is 16.0 Å². The number of benzene rings is 1. The number of amides is 3. The Kier molecular flexibility index (Phi) is 6.58. The van der Waals surface area contributed by atoms with Gasteiger partial charge in [0.2, 0.25) is 5.91 Å². The van der Waals surface area contributed by atoms with E-state index in [1.54, 1.807) is 12.1 Å². The molecule has 8 heteroatoms. The van der Waals surface area contributed by atoms with Gasteiger partial charge in [-0.05, 0) is 80.4 Å². The Labute approximate surface area is 188 Å². The molecule has 3 amide bonds. The van der Waals surface area contributed by atoms with Gasteiger partial charge in [-0.15, -0.1) is 0 Å². The largest absolute Gasteiger partial charge is 0.508 e. The van der Waals surface area contributed by atoms with Crippen LogP contribution >= 0.6 is 0 Å². The number of urea groups is 1. The van der Waals surface area contributed by atoms with Gasteiger partial charge in [0.25, 0.3) is 0 Å². The molecule has 4 aliphatic rings. The molecule has 4 saturated carbocycles. The van der Waals surface area contributed by atoms with Crippen LogP contribution in [0, 0.1) is 17.8 Å². The SMILES string of the molecule is O=C(CCCNC(=O)NC12CC3CC(CC(C3)C1)C2)N[C@@H](Cc1ccc(O)cc1)C(=O)O. The second kappa shape index (κ2) is 9.38. The quantitative estimate of drug-likeness (QED) is 0.375. The lowest BCUT2D eigenvalue weighted by molar-refractivity contribution is -0.141. The summed E-state index contributed by atoms with van der Waals surface area (Å²) in [4.78, 5) is 36.1. The minimum atomic E-state index is -1.11. The van der Waals surface area contributed by atoms with Crippen LogP contribution in [0.2, 0.25) is 0 Å². The number of carbonyl (C=O) groups is 3. The molecule has 8 nitrogen and oxygen atoms in total. The van der Waals surface area contributed by atoms with E-state index in [1.807, 2.05) is 0 Å². The van der Waals surface area contributed by atoms with Gasteiger partial charge in [-0.3, -0.25) is 4.79 Å². The predicted octanol–water partition coefficient (Wildman–Crippen LogP) is 2.55. The number of phenols is 1. The van der Waals surface area contributed by atoms with Crippen molar-refractivity contribution in [3.63, 3.8) is 0 Å². The van der Waals surface area contributed by atoms with Crippen molar-refractivity contribution in [3.8, 4) is 5.75 Å². The molecule has 0 unspecified atom stereocenters. The Morgan fingerprint density at radius 2 is 1.59 bits per heavy atom. The zero-order valence-electron chi connectivity index (χ0n) is 18.3. The molecule has 4 fully saturated rings. The van der Waals surface area contributed by atoms with Crippen LogP contribution < -0.4 is 16.0 Å². The van der Waals surface area contributed by atoms with Crippen LogP contribution in [0.1, 0.15) is 56.9 Å². The molecule has 1 aromatic rings. The maximum absolute atomic E-state index is 12.4. The highest BCUT2D eigenvalue weighted by Gasteiger charge is 2.51. The fourth-order valence-corrected chi connectivity index (χ4v) is 6.33. The minimum Gasteiger partial charge on any atom is -0.508 e. The van der Waals surface area contributed by atoms with Crippen LogP contribution in [0.3, 0.4) is 0 Å². The fourth-order valence-electron chi connectivity index (χ4n) is 6.33. The van der Waals surface area contributed by atoms with Gasteiger partial charge in [0.1, 0.15) is 11.8 Å². The number of hydrogen-bond acceptors (Lipinski definition) is 4. The maximum atomic E-state index is 12.4. The number of carboxylic acid groups (broad SMARTS) is 1. The van der Waals surface area contributed by atoms with E-state index in [2.05, 4.69) is 16.0 Å². The van der Waals surface area contributed by atoms with E-state index < -0.39 is 12.0 Å². The molecule has 174 valence electrons. The number of carbonyl (C=O) groups excluding carboxylic acids is 2. The Bertz CT molecular complexity index is 818. The van der Waals surface area contributed by atoms with E-state index in [9.17, 15) is 24.6 Å². The molecular formula is C24H33N3O5. The standard InChI is InChI=1S/C24H33N3O5/c28-19-5-3-15(4-6-19)11-20(22(30)31)26-21(29)2-1-7-25-23(32)27-24-12-16-8-17(13-24)10-18(9-16)14-24/h3-6,16-18,20,28H,1-2,7-14H2,(H,26,29)(H,30,31)(H2,25,27,32)/t16?,17?,18?,20-,24?/m0/s1. The summed E-state index contributed by atoms with van der Waals surface area (Å²) in [5, 5.41) is 27.4. The van der Waals surface area contributed by atoms with Gasteiger partial charge in [-0.1, -0.05) is 12.1 Å². The van der Waals surface area contributed by atoms with Gasteiger partial charge in [-0.2, -0.15) is 0 Å². The molecule has 4 aliphatic carbocycles. The molecule has 0 radical (unpaired) electrons. The van der Waals surface area contributed by atoms with Crippen molar-refractivity contribution in [1.29, 1.82) is 0 Å². The lowest BCUT2D eigenvalue weighted by atomic mass is 9.53. The monoisotopic (exact) mass is 443 g/mol. The van der Waals surface area contributed by atoms with Crippen molar-refractivity contribution in [2.75, 3.05) is 6.54 Å². The van der Waals surface area contributed by atoms with E-state index in [-0.39, 0.29) is 36.1 Å². The first-order chi connectivity index (χ1) is 15.3. The molecule has 32 heavy (non-hydrogen) atoms. The third-order valence-electron chi connectivity index (χ3n) is 7.29. The number of hydrogen-bond donors (Lipinski definition) is 5. The molecule has 0 aromatic heterocycles. The zero-order valence-corrected chi connectivity index (χ0v) is 18.3. The van der Waals surface area contributed by atoms with Crippen LogP contribution in [0.4, 0.5) is 4.79 Å². The summed E-state index contributed by atoms with van der Waals surface area (Å²) < 4.78 is 0. The van der Waals surface area contributed by atoms with Crippen molar-refractivity contribution < 1.29 is 24.6 Å². The van der Waals surface area contributed by atoms with Crippen molar-refractivity contribution in [1.82, 2.24) is 16.0 Å². The highest BCUT2D eigenvalue weighted by molar-refractivity contribution is 5.83. The first-order valence-corrected chi connectivity index (χ1v) is 11.7. The van der Waals surface area contributed by atoms with Crippen LogP contribution in [0.25, 0.3) is 0 Å². The first kappa shape index (κ1) is 22.4. The third-order valence-corrected chi connectivity index (χ3v) is 7.29. The van der Waals surface area contributed by atoms with Gasteiger partial charge in [0, 0.05) is 24.9 Å². The summed E-state index contributed by atoms with van der Waals surface area (Å²) in [6.45, 7) is 0.362. The van der Waals surface area contributed by atoms with E-state index in [0.29, 0.717) is 18.5 Å². The lowest BCUT2D eigenvalue weighted by Crippen LogP contribution is -2.61. The number of rotatable bonds is 9. The van der Waals surface area contributed by atoms with Crippen LogP contribution in [-0.4, -0.2) is 46.2 Å². The lowest BCUT2D eigenvalue weighted by Gasteiger charge is -2.56. The Hall–Kier alpha value is -2.77. The van der Waals surface area contributed by atoms with E-state index in [4.69, 9.17) is 0 Å². The number of carboxylic acids is 1. The summed E-state index contributed by atoms with van der Waals surface area (Å²) in [5.74, 6) is 0.903. The summed E-state index contributed by atoms with van der Waals surface area (Å²) >= 11 is 0. The summed E-state index contributed by atoms with van der Waals surface area (Å²) in [7, 11) is 0. The average molecular weight is 444 g/mol. The van der Waals surface area contributed by atoms with Gasteiger partial charge in [-0.25, -0.2) is 9.59 Å². The predicted molar refractivity (Wildman–Crippen MR) is 118 cm³/mol. The van der Waals surface area contributed by atoms with Crippen molar-refractivity contribution in [3.05, 3.63) is 29.8 Å².